The first kappa shape index (κ1) is 18.8. The zero-order chi connectivity index (χ0) is 20.8. The van der Waals surface area contributed by atoms with E-state index in [1.54, 1.807) is 39.0 Å². The average Bonchev–Trinajstić information content (AvgIpc) is 3.01. The number of nitrogens with one attached hydrogen (secondary N) is 2. The molecule has 2 heterocycles. The first-order valence-corrected chi connectivity index (χ1v) is 9.07. The molecule has 0 atom stereocenters. The maximum atomic E-state index is 13.8. The van der Waals surface area contributed by atoms with Gasteiger partial charge in [-0.25, -0.2) is 14.2 Å². The van der Waals surface area contributed by atoms with E-state index in [1.165, 1.54) is 18.2 Å². The summed E-state index contributed by atoms with van der Waals surface area (Å²) in [5.74, 6) is -0.327. The molecule has 1 aromatic heterocycles. The SMILES string of the molecule is CC(C)(C)OC(=O)Nc1nc2ccc(C3=NCC(=O)c4ccc(F)cc43)cc2[nH]1. The number of hydrogen-bond donors (Lipinski definition) is 2. The number of rotatable bonds is 2. The molecule has 0 fully saturated rings. The number of Topliss-reactive ketones (excluding diaryl/α,β-unsaturated/α-hetero) is 1. The number of aromatic amines is 1. The van der Waals surface area contributed by atoms with E-state index >= 15 is 0 Å². The van der Waals surface area contributed by atoms with Crippen molar-refractivity contribution < 1.29 is 18.7 Å². The van der Waals surface area contributed by atoms with Gasteiger partial charge in [0.1, 0.15) is 18.0 Å². The molecule has 0 radical (unpaired) electrons. The molecule has 148 valence electrons. The Morgan fingerprint density at radius 2 is 1.97 bits per heavy atom. The van der Waals surface area contributed by atoms with Crippen molar-refractivity contribution >= 4 is 34.6 Å². The highest BCUT2D eigenvalue weighted by Crippen LogP contribution is 2.24. The summed E-state index contributed by atoms with van der Waals surface area (Å²) in [4.78, 5) is 35.7. The van der Waals surface area contributed by atoms with E-state index in [2.05, 4.69) is 20.3 Å². The monoisotopic (exact) mass is 394 g/mol. The number of nitrogens with zero attached hydrogens (tertiary/aromatic N) is 2. The molecule has 0 bridgehead atoms. The normalized spacial score (nSPS) is 13.8. The summed E-state index contributed by atoms with van der Waals surface area (Å²) in [6.45, 7) is 5.33. The number of anilines is 1. The van der Waals surface area contributed by atoms with E-state index in [4.69, 9.17) is 4.74 Å². The summed E-state index contributed by atoms with van der Waals surface area (Å²) in [5.41, 5.74) is 2.84. The summed E-state index contributed by atoms with van der Waals surface area (Å²) >= 11 is 0. The lowest BCUT2D eigenvalue weighted by atomic mass is 9.92. The number of halogens is 1. The largest absolute Gasteiger partial charge is 0.444 e. The van der Waals surface area contributed by atoms with Crippen molar-refractivity contribution in [2.45, 2.75) is 26.4 Å². The van der Waals surface area contributed by atoms with Crippen molar-refractivity contribution in [3.05, 3.63) is 58.9 Å². The van der Waals surface area contributed by atoms with E-state index in [9.17, 15) is 14.0 Å². The maximum Gasteiger partial charge on any atom is 0.414 e. The smallest absolute Gasteiger partial charge is 0.414 e. The van der Waals surface area contributed by atoms with Gasteiger partial charge in [-0.3, -0.25) is 15.1 Å². The molecule has 1 aliphatic rings. The lowest BCUT2D eigenvalue weighted by Crippen LogP contribution is -2.27. The summed E-state index contributed by atoms with van der Waals surface area (Å²) in [6, 6.07) is 9.43. The van der Waals surface area contributed by atoms with Crippen LogP contribution in [0.5, 0.6) is 0 Å². The van der Waals surface area contributed by atoms with Crippen LogP contribution in [0.25, 0.3) is 11.0 Å². The number of carbonyl (C=O) groups excluding carboxylic acids is 2. The van der Waals surface area contributed by atoms with E-state index in [0.29, 0.717) is 33.4 Å². The Hall–Kier alpha value is -3.55. The third-order valence-electron chi connectivity index (χ3n) is 4.29. The van der Waals surface area contributed by atoms with Gasteiger partial charge in [0.2, 0.25) is 5.95 Å². The molecule has 0 spiro atoms. The molecule has 4 rings (SSSR count). The molecule has 1 aliphatic heterocycles. The Bertz CT molecular complexity index is 1170. The second-order valence-corrected chi connectivity index (χ2v) is 7.72. The predicted molar refractivity (Wildman–Crippen MR) is 107 cm³/mol. The van der Waals surface area contributed by atoms with Crippen molar-refractivity contribution in [2.24, 2.45) is 4.99 Å². The lowest BCUT2D eigenvalue weighted by molar-refractivity contribution is 0.0634. The summed E-state index contributed by atoms with van der Waals surface area (Å²) in [6.07, 6.45) is -0.614. The highest BCUT2D eigenvalue weighted by molar-refractivity contribution is 6.22. The number of H-pyrrole nitrogens is 1. The lowest BCUT2D eigenvalue weighted by Gasteiger charge is -2.18. The van der Waals surface area contributed by atoms with Crippen molar-refractivity contribution in [1.82, 2.24) is 9.97 Å². The fourth-order valence-electron chi connectivity index (χ4n) is 3.14. The Kier molecular flexibility index (Phi) is 4.41. The molecule has 8 heteroatoms. The predicted octanol–water partition coefficient (Wildman–Crippen LogP) is 4.08. The maximum absolute atomic E-state index is 13.8. The first-order valence-electron chi connectivity index (χ1n) is 9.07. The third-order valence-corrected chi connectivity index (χ3v) is 4.29. The van der Waals surface area contributed by atoms with E-state index in [0.717, 1.165) is 0 Å². The van der Waals surface area contributed by atoms with Crippen LogP contribution in [0, 0.1) is 5.82 Å². The molecule has 3 aromatic rings. The van der Waals surface area contributed by atoms with Crippen LogP contribution in [0.1, 0.15) is 42.3 Å². The number of hydrogen-bond acceptors (Lipinski definition) is 5. The van der Waals surface area contributed by atoms with Gasteiger partial charge in [0.15, 0.2) is 5.78 Å². The fraction of sp³-hybridized carbons (Fsp3) is 0.238. The van der Waals surface area contributed by atoms with Gasteiger partial charge in [-0.15, -0.1) is 0 Å². The van der Waals surface area contributed by atoms with Gasteiger partial charge in [0, 0.05) is 16.7 Å². The molecule has 0 saturated heterocycles. The van der Waals surface area contributed by atoms with Gasteiger partial charge in [0.25, 0.3) is 0 Å². The fourth-order valence-corrected chi connectivity index (χ4v) is 3.14. The van der Waals surface area contributed by atoms with Crippen molar-refractivity contribution in [3.63, 3.8) is 0 Å². The van der Waals surface area contributed by atoms with Gasteiger partial charge in [-0.1, -0.05) is 6.07 Å². The van der Waals surface area contributed by atoms with Crippen LogP contribution < -0.4 is 5.32 Å². The van der Waals surface area contributed by atoms with Crippen LogP contribution in [-0.2, 0) is 4.74 Å². The quantitative estimate of drug-likeness (QED) is 0.684. The third kappa shape index (κ3) is 3.87. The van der Waals surface area contributed by atoms with Gasteiger partial charge in [-0.05, 0) is 51.1 Å². The van der Waals surface area contributed by atoms with Crippen LogP contribution in [0.3, 0.4) is 0 Å². The Labute approximate surface area is 166 Å². The highest BCUT2D eigenvalue weighted by Gasteiger charge is 2.23. The number of carbonyl (C=O) groups is 2. The van der Waals surface area contributed by atoms with Crippen LogP contribution in [0.4, 0.5) is 15.1 Å². The average molecular weight is 394 g/mol. The highest BCUT2D eigenvalue weighted by atomic mass is 19.1. The molecule has 0 aliphatic carbocycles. The molecule has 7 nitrogen and oxygen atoms in total. The molecular weight excluding hydrogens is 375 g/mol. The minimum absolute atomic E-state index is 0.0143. The minimum atomic E-state index is -0.623. The molecular formula is C21H19FN4O3. The number of amides is 1. The van der Waals surface area contributed by atoms with Crippen molar-refractivity contribution in [1.29, 1.82) is 0 Å². The minimum Gasteiger partial charge on any atom is -0.444 e. The second kappa shape index (κ2) is 6.80. The molecule has 0 unspecified atom stereocenters. The summed E-state index contributed by atoms with van der Waals surface area (Å²) in [5, 5.41) is 2.56. The summed E-state index contributed by atoms with van der Waals surface area (Å²) < 4.78 is 19.0. The van der Waals surface area contributed by atoms with Gasteiger partial charge in [0.05, 0.1) is 16.7 Å². The van der Waals surface area contributed by atoms with E-state index in [1.807, 2.05) is 0 Å². The molecule has 2 aromatic carbocycles. The Balaban J connectivity index is 1.66. The van der Waals surface area contributed by atoms with Gasteiger partial charge >= 0.3 is 6.09 Å². The topological polar surface area (TPSA) is 96.4 Å². The first-order chi connectivity index (χ1) is 13.7. The number of ketones is 1. The standard InChI is InChI=1S/C21H19FN4O3/c1-21(2,3)29-20(28)26-19-24-15-7-4-11(8-16(15)25-19)18-14-9-12(22)5-6-13(14)17(27)10-23-18/h4-9H,10H2,1-3H3,(H2,24,25,26,28). The van der Waals surface area contributed by atoms with E-state index < -0.39 is 17.5 Å². The van der Waals surface area contributed by atoms with Crippen molar-refractivity contribution in [3.8, 4) is 0 Å². The van der Waals surface area contributed by atoms with Gasteiger partial charge in [-0.2, -0.15) is 0 Å². The zero-order valence-electron chi connectivity index (χ0n) is 16.2. The number of benzene rings is 2. The summed E-state index contributed by atoms with van der Waals surface area (Å²) in [7, 11) is 0. The second-order valence-electron chi connectivity index (χ2n) is 7.72. The Morgan fingerprint density at radius 3 is 2.72 bits per heavy atom. The van der Waals surface area contributed by atoms with Crippen LogP contribution >= 0.6 is 0 Å². The number of aliphatic imine (C=N–C) groups is 1. The molecule has 0 saturated carbocycles. The van der Waals surface area contributed by atoms with Crippen LogP contribution in [0.2, 0.25) is 0 Å². The number of fused-ring (bicyclic) bond motifs is 2. The molecule has 1 amide bonds. The van der Waals surface area contributed by atoms with Crippen molar-refractivity contribution in [2.75, 3.05) is 11.9 Å². The van der Waals surface area contributed by atoms with Crippen LogP contribution in [0.15, 0.2) is 41.4 Å². The van der Waals surface area contributed by atoms with Crippen LogP contribution in [-0.4, -0.2) is 39.7 Å². The number of ether oxygens (including phenoxy) is 1. The zero-order valence-corrected chi connectivity index (χ0v) is 16.2. The number of aromatic nitrogens is 2. The van der Waals surface area contributed by atoms with E-state index in [-0.39, 0.29) is 18.3 Å². The Morgan fingerprint density at radius 1 is 1.17 bits per heavy atom. The van der Waals surface area contributed by atoms with Gasteiger partial charge < -0.3 is 9.72 Å². The number of imidazole rings is 1. The molecule has 29 heavy (non-hydrogen) atoms. The molecule has 2 N–H and O–H groups in total.